The van der Waals surface area contributed by atoms with E-state index in [-0.39, 0.29) is 0 Å². The van der Waals surface area contributed by atoms with E-state index >= 15 is 0 Å². The predicted molar refractivity (Wildman–Crippen MR) is 185 cm³/mol. The Morgan fingerprint density at radius 1 is 0.455 bits per heavy atom. The second kappa shape index (κ2) is 11.8. The van der Waals surface area contributed by atoms with Crippen LogP contribution in [-0.2, 0) is 0 Å². The molecule has 0 saturated heterocycles. The molecule has 7 heteroatoms. The molecular weight excluding hydrogens is 678 g/mol. The summed E-state index contributed by atoms with van der Waals surface area (Å²) in [5.74, 6) is 1.62. The van der Waals surface area contributed by atoms with Gasteiger partial charge in [-0.3, -0.25) is 0 Å². The number of aromatic nitrogens is 3. The Labute approximate surface area is 271 Å². The Bertz CT molecular complexity index is 2010. The van der Waals surface area contributed by atoms with Crippen molar-refractivity contribution in [2.45, 2.75) is 0 Å². The summed E-state index contributed by atoms with van der Waals surface area (Å²) in [4.78, 5) is 15.2. The number of benzene rings is 4. The average molecular weight is 703 g/mol. The number of methoxy groups -OCH3 is 2. The van der Waals surface area contributed by atoms with Gasteiger partial charge in [0.1, 0.15) is 11.5 Å². The molecule has 7 rings (SSSR count). The van der Waals surface area contributed by atoms with Crippen LogP contribution >= 0.6 is 31.9 Å². The van der Waals surface area contributed by atoms with E-state index in [4.69, 9.17) is 24.4 Å². The van der Waals surface area contributed by atoms with Crippen molar-refractivity contribution >= 4 is 53.7 Å². The lowest BCUT2D eigenvalue weighted by Crippen LogP contribution is -1.96. The average Bonchev–Trinajstić information content (AvgIpc) is 3.07. The fourth-order valence-corrected chi connectivity index (χ4v) is 6.12. The maximum absolute atomic E-state index is 5.40. The van der Waals surface area contributed by atoms with Crippen LogP contribution in [0.25, 0.3) is 66.8 Å². The van der Waals surface area contributed by atoms with Crippen molar-refractivity contribution in [2.24, 2.45) is 0 Å². The van der Waals surface area contributed by atoms with Gasteiger partial charge < -0.3 is 9.47 Å². The summed E-state index contributed by atoms with van der Waals surface area (Å²) in [5.41, 5.74) is 9.16. The molecule has 0 atom stereocenters. The van der Waals surface area contributed by atoms with E-state index in [9.17, 15) is 0 Å². The van der Waals surface area contributed by atoms with Crippen molar-refractivity contribution in [2.75, 3.05) is 14.2 Å². The van der Waals surface area contributed by atoms with Crippen LogP contribution in [0.2, 0.25) is 0 Å². The second-order valence-corrected chi connectivity index (χ2v) is 12.1. The number of fused-ring (bicyclic) bond motifs is 2. The molecule has 7 aromatic rings. The van der Waals surface area contributed by atoms with E-state index in [0.717, 1.165) is 87.3 Å². The Balaban J connectivity index is 1.37. The Morgan fingerprint density at radius 2 is 0.886 bits per heavy atom. The van der Waals surface area contributed by atoms with Gasteiger partial charge in [-0.2, -0.15) is 0 Å². The van der Waals surface area contributed by atoms with E-state index in [1.54, 1.807) is 14.2 Å². The minimum Gasteiger partial charge on any atom is -0.497 e. The normalized spacial score (nSPS) is 11.2. The molecule has 0 unspecified atom stereocenters. The van der Waals surface area contributed by atoms with Gasteiger partial charge in [0.15, 0.2) is 0 Å². The van der Waals surface area contributed by atoms with Crippen LogP contribution in [0.1, 0.15) is 0 Å². The third-order valence-corrected chi connectivity index (χ3v) is 8.60. The van der Waals surface area contributed by atoms with Gasteiger partial charge in [0.25, 0.3) is 0 Å². The van der Waals surface area contributed by atoms with Crippen LogP contribution in [0, 0.1) is 0 Å². The highest BCUT2D eigenvalue weighted by Gasteiger charge is 2.15. The van der Waals surface area contributed by atoms with Crippen molar-refractivity contribution in [1.82, 2.24) is 15.0 Å². The molecule has 0 aliphatic carbocycles. The lowest BCUT2D eigenvalue weighted by molar-refractivity contribution is 0.415. The molecule has 0 bridgehead atoms. The zero-order valence-electron chi connectivity index (χ0n) is 23.9. The topological polar surface area (TPSA) is 57.1 Å². The van der Waals surface area contributed by atoms with Crippen LogP contribution in [0.15, 0.2) is 124 Å². The predicted octanol–water partition coefficient (Wildman–Crippen LogP) is 10.4. The highest BCUT2D eigenvalue weighted by atomic mass is 79.9. The summed E-state index contributed by atoms with van der Waals surface area (Å²) in [6, 6.07) is 38.7. The number of hydrogen-bond donors (Lipinski definition) is 0. The zero-order valence-corrected chi connectivity index (χ0v) is 27.1. The quantitative estimate of drug-likeness (QED) is 0.173. The van der Waals surface area contributed by atoms with Crippen LogP contribution in [0.3, 0.4) is 0 Å². The minimum atomic E-state index is 0.769. The van der Waals surface area contributed by atoms with Gasteiger partial charge in [0.05, 0.1) is 48.0 Å². The molecule has 0 aliphatic heterocycles. The van der Waals surface area contributed by atoms with Crippen molar-refractivity contribution in [3.63, 3.8) is 0 Å². The molecule has 0 saturated carbocycles. The van der Waals surface area contributed by atoms with E-state index in [1.165, 1.54) is 0 Å². The molecule has 0 radical (unpaired) electrons. The Hall–Kier alpha value is -4.59. The number of rotatable bonds is 6. The van der Waals surface area contributed by atoms with Crippen LogP contribution in [-0.4, -0.2) is 29.2 Å². The largest absolute Gasteiger partial charge is 0.497 e. The van der Waals surface area contributed by atoms with Gasteiger partial charge in [0, 0.05) is 19.7 Å². The summed E-state index contributed by atoms with van der Waals surface area (Å²) >= 11 is 7.27. The molecule has 214 valence electrons. The molecular formula is C37H25Br2N3O2. The van der Waals surface area contributed by atoms with Crippen molar-refractivity contribution < 1.29 is 9.47 Å². The molecule has 0 amide bonds. The molecule has 0 N–H and O–H groups in total. The lowest BCUT2D eigenvalue weighted by atomic mass is 9.98. The van der Waals surface area contributed by atoms with Crippen molar-refractivity contribution in [1.29, 1.82) is 0 Å². The fourth-order valence-electron chi connectivity index (χ4n) is 5.40. The first-order chi connectivity index (χ1) is 21.5. The molecule has 0 fully saturated rings. The third kappa shape index (κ3) is 5.45. The summed E-state index contributed by atoms with van der Waals surface area (Å²) in [6.07, 6.45) is 0. The SMILES string of the molecule is COc1ccc(-c2cc(-c3cccc(-c4cc(-c5ccc(OC)cc5)c5cc(Br)ccc5n4)n3)nc3ccc(Br)cc23)cc1. The number of nitrogens with zero attached hydrogens (tertiary/aromatic N) is 3. The highest BCUT2D eigenvalue weighted by molar-refractivity contribution is 9.10. The maximum atomic E-state index is 5.40. The van der Waals surface area contributed by atoms with Gasteiger partial charge in [-0.15, -0.1) is 0 Å². The van der Waals surface area contributed by atoms with Crippen molar-refractivity contribution in [3.8, 4) is 56.5 Å². The molecule has 0 aliphatic rings. The number of ether oxygens (including phenoxy) is 2. The number of hydrogen-bond acceptors (Lipinski definition) is 5. The van der Waals surface area contributed by atoms with Gasteiger partial charge >= 0.3 is 0 Å². The smallest absolute Gasteiger partial charge is 0.118 e. The van der Waals surface area contributed by atoms with E-state index in [0.29, 0.717) is 0 Å². The standard InChI is InChI=1S/C37H25Br2N3O2/c1-43-26-12-6-22(7-13-26)28-20-36(40-32-16-10-24(38)18-30(28)32)34-4-3-5-35(42-34)37-21-29(23-8-14-27(44-2)15-9-23)31-19-25(39)11-17-33(31)41-37/h3-21H,1-2H3. The third-order valence-electron chi connectivity index (χ3n) is 7.62. The van der Waals surface area contributed by atoms with Crippen LogP contribution in [0.5, 0.6) is 11.5 Å². The first-order valence-electron chi connectivity index (χ1n) is 14.0. The van der Waals surface area contributed by atoms with Crippen LogP contribution in [0.4, 0.5) is 0 Å². The number of pyridine rings is 3. The first-order valence-corrected chi connectivity index (χ1v) is 15.5. The molecule has 3 aromatic heterocycles. The minimum absolute atomic E-state index is 0.769. The van der Waals surface area contributed by atoms with Crippen molar-refractivity contribution in [3.05, 3.63) is 124 Å². The summed E-state index contributed by atoms with van der Waals surface area (Å²) < 4.78 is 12.8. The van der Waals surface area contributed by atoms with Gasteiger partial charge in [-0.05, 0) is 107 Å². The zero-order chi connectivity index (χ0) is 30.2. The lowest BCUT2D eigenvalue weighted by Gasteiger charge is -2.13. The number of halogens is 2. The summed E-state index contributed by atoms with van der Waals surface area (Å²) in [7, 11) is 3.35. The first kappa shape index (κ1) is 28.2. The molecule has 3 heterocycles. The molecule has 4 aromatic carbocycles. The molecule has 0 spiro atoms. The second-order valence-electron chi connectivity index (χ2n) is 10.3. The van der Waals surface area contributed by atoms with Gasteiger partial charge in [-0.25, -0.2) is 15.0 Å². The Kier molecular flexibility index (Phi) is 7.58. The highest BCUT2D eigenvalue weighted by Crippen LogP contribution is 2.36. The van der Waals surface area contributed by atoms with E-state index < -0.39 is 0 Å². The van der Waals surface area contributed by atoms with Gasteiger partial charge in [-0.1, -0.05) is 62.2 Å². The fraction of sp³-hybridized carbons (Fsp3) is 0.0541. The monoisotopic (exact) mass is 701 g/mol. The molecule has 5 nitrogen and oxygen atoms in total. The molecule has 44 heavy (non-hydrogen) atoms. The Morgan fingerprint density at radius 3 is 1.30 bits per heavy atom. The van der Waals surface area contributed by atoms with Crippen LogP contribution < -0.4 is 9.47 Å². The maximum Gasteiger partial charge on any atom is 0.118 e. The van der Waals surface area contributed by atoms with E-state index in [1.807, 2.05) is 66.7 Å². The summed E-state index contributed by atoms with van der Waals surface area (Å²) in [5, 5.41) is 2.10. The van der Waals surface area contributed by atoms with E-state index in [2.05, 4.69) is 80.4 Å². The summed E-state index contributed by atoms with van der Waals surface area (Å²) in [6.45, 7) is 0. The van der Waals surface area contributed by atoms with Gasteiger partial charge in [0.2, 0.25) is 0 Å².